The van der Waals surface area contributed by atoms with Crippen molar-refractivity contribution in [1.29, 1.82) is 0 Å². The summed E-state index contributed by atoms with van der Waals surface area (Å²) in [6.45, 7) is 6.65. The van der Waals surface area contributed by atoms with Crippen LogP contribution in [0.3, 0.4) is 0 Å². The van der Waals surface area contributed by atoms with Gasteiger partial charge in [-0.25, -0.2) is 4.68 Å². The minimum Gasteiger partial charge on any atom is -0.350 e. The van der Waals surface area contributed by atoms with Gasteiger partial charge in [-0.05, 0) is 32.2 Å². The molecule has 2 heterocycles. The van der Waals surface area contributed by atoms with Gasteiger partial charge in [-0.3, -0.25) is 10.1 Å². The van der Waals surface area contributed by atoms with Gasteiger partial charge < -0.3 is 10.2 Å². The summed E-state index contributed by atoms with van der Waals surface area (Å²) in [5, 5.41) is 19.3. The summed E-state index contributed by atoms with van der Waals surface area (Å²) in [5.74, 6) is 0.646. The standard InChI is InChI=1S/C14H25N5O2/c1-4-9-18(10-11-7-6-8-15-11)14-13(19(20)21)12(5-2)16-17(14)3/h11,15H,4-10H2,1-3H3. The van der Waals surface area contributed by atoms with E-state index in [0.717, 1.165) is 32.5 Å². The van der Waals surface area contributed by atoms with E-state index in [1.54, 1.807) is 11.7 Å². The van der Waals surface area contributed by atoms with Crippen molar-refractivity contribution in [2.45, 2.75) is 45.6 Å². The second kappa shape index (κ2) is 6.89. The number of anilines is 1. The molecule has 1 fully saturated rings. The van der Waals surface area contributed by atoms with Crippen LogP contribution in [0.15, 0.2) is 0 Å². The Hall–Kier alpha value is -1.63. The zero-order valence-corrected chi connectivity index (χ0v) is 13.1. The predicted molar refractivity (Wildman–Crippen MR) is 82.8 cm³/mol. The van der Waals surface area contributed by atoms with E-state index in [4.69, 9.17) is 0 Å². The Morgan fingerprint density at radius 2 is 2.29 bits per heavy atom. The maximum absolute atomic E-state index is 11.5. The van der Waals surface area contributed by atoms with Gasteiger partial charge in [0.05, 0.1) is 4.92 Å². The van der Waals surface area contributed by atoms with E-state index in [0.29, 0.717) is 24.0 Å². The number of nitrogens with one attached hydrogen (secondary N) is 1. The molecule has 118 valence electrons. The molecule has 1 aliphatic rings. The first-order chi connectivity index (χ1) is 10.1. The maximum Gasteiger partial charge on any atom is 0.334 e. The fourth-order valence-corrected chi connectivity index (χ4v) is 3.07. The second-order valence-electron chi connectivity index (χ2n) is 5.59. The van der Waals surface area contributed by atoms with Crippen molar-refractivity contribution >= 4 is 11.5 Å². The van der Waals surface area contributed by atoms with Gasteiger partial charge in [0.1, 0.15) is 5.69 Å². The number of hydrogen-bond donors (Lipinski definition) is 1. The molecule has 1 atom stereocenters. The molecule has 0 spiro atoms. The van der Waals surface area contributed by atoms with Crippen LogP contribution < -0.4 is 10.2 Å². The average molecular weight is 295 g/mol. The molecule has 1 unspecified atom stereocenters. The molecule has 1 aliphatic heterocycles. The number of aryl methyl sites for hydroxylation is 2. The summed E-state index contributed by atoms with van der Waals surface area (Å²) in [6.07, 6.45) is 3.84. The van der Waals surface area contributed by atoms with Gasteiger partial charge in [-0.15, -0.1) is 0 Å². The molecule has 21 heavy (non-hydrogen) atoms. The monoisotopic (exact) mass is 295 g/mol. The summed E-state index contributed by atoms with van der Waals surface area (Å²) in [5.41, 5.74) is 0.740. The van der Waals surface area contributed by atoms with E-state index < -0.39 is 0 Å². The highest BCUT2D eigenvalue weighted by Crippen LogP contribution is 2.32. The van der Waals surface area contributed by atoms with Crippen LogP contribution in [0.1, 0.15) is 38.8 Å². The van der Waals surface area contributed by atoms with Crippen molar-refractivity contribution in [3.63, 3.8) is 0 Å². The fraction of sp³-hybridized carbons (Fsp3) is 0.786. The molecule has 1 saturated heterocycles. The predicted octanol–water partition coefficient (Wildman–Crippen LogP) is 1.86. The van der Waals surface area contributed by atoms with E-state index in [2.05, 4.69) is 22.2 Å². The van der Waals surface area contributed by atoms with Crippen LogP contribution in [0, 0.1) is 10.1 Å². The lowest BCUT2D eigenvalue weighted by Crippen LogP contribution is -2.39. The normalized spacial score (nSPS) is 18.1. The smallest absolute Gasteiger partial charge is 0.334 e. The van der Waals surface area contributed by atoms with E-state index in [9.17, 15) is 10.1 Å². The van der Waals surface area contributed by atoms with Crippen LogP contribution in [0.5, 0.6) is 0 Å². The van der Waals surface area contributed by atoms with Crippen LogP contribution >= 0.6 is 0 Å². The number of hydrogen-bond acceptors (Lipinski definition) is 5. The van der Waals surface area contributed by atoms with Gasteiger partial charge in [0.2, 0.25) is 5.82 Å². The molecule has 2 rings (SSSR count). The van der Waals surface area contributed by atoms with Crippen molar-refractivity contribution in [3.8, 4) is 0 Å². The zero-order chi connectivity index (χ0) is 15.4. The molecule has 0 bridgehead atoms. The first-order valence-corrected chi connectivity index (χ1v) is 7.77. The lowest BCUT2D eigenvalue weighted by atomic mass is 10.2. The summed E-state index contributed by atoms with van der Waals surface area (Å²) in [7, 11) is 1.80. The molecule has 7 heteroatoms. The number of aromatic nitrogens is 2. The summed E-state index contributed by atoms with van der Waals surface area (Å²) in [4.78, 5) is 13.3. The molecule has 0 saturated carbocycles. The van der Waals surface area contributed by atoms with Gasteiger partial charge >= 0.3 is 5.69 Å². The molecule has 0 radical (unpaired) electrons. The van der Waals surface area contributed by atoms with E-state index in [1.807, 2.05) is 6.92 Å². The largest absolute Gasteiger partial charge is 0.350 e. The first kappa shape index (κ1) is 15.8. The van der Waals surface area contributed by atoms with E-state index in [-0.39, 0.29) is 10.6 Å². The van der Waals surface area contributed by atoms with E-state index in [1.165, 1.54) is 6.42 Å². The second-order valence-corrected chi connectivity index (χ2v) is 5.59. The molecule has 1 N–H and O–H groups in total. The quantitative estimate of drug-likeness (QED) is 0.614. The zero-order valence-electron chi connectivity index (χ0n) is 13.1. The minimum absolute atomic E-state index is 0.173. The Morgan fingerprint density at radius 3 is 2.81 bits per heavy atom. The van der Waals surface area contributed by atoms with Gasteiger partial charge in [-0.2, -0.15) is 5.10 Å². The Bertz CT molecular complexity index is 494. The van der Waals surface area contributed by atoms with Crippen LogP contribution in [0.25, 0.3) is 0 Å². The van der Waals surface area contributed by atoms with Gasteiger partial charge in [-0.1, -0.05) is 13.8 Å². The van der Waals surface area contributed by atoms with Crippen molar-refractivity contribution in [2.75, 3.05) is 24.5 Å². The number of nitro groups is 1. The lowest BCUT2D eigenvalue weighted by Gasteiger charge is -2.26. The number of nitrogens with zero attached hydrogens (tertiary/aromatic N) is 4. The SMILES string of the molecule is CCCN(CC1CCCN1)c1c([N+](=O)[O-])c(CC)nn1C. The Balaban J connectivity index is 2.33. The molecule has 1 aromatic rings. The van der Waals surface area contributed by atoms with Crippen molar-refractivity contribution in [1.82, 2.24) is 15.1 Å². The summed E-state index contributed by atoms with van der Waals surface area (Å²) in [6, 6.07) is 0.413. The van der Waals surface area contributed by atoms with Gasteiger partial charge in [0.15, 0.2) is 0 Å². The molecular formula is C14H25N5O2. The maximum atomic E-state index is 11.5. The lowest BCUT2D eigenvalue weighted by molar-refractivity contribution is -0.384. The van der Waals surface area contributed by atoms with Crippen LogP contribution in [-0.2, 0) is 13.5 Å². The van der Waals surface area contributed by atoms with Crippen molar-refractivity contribution < 1.29 is 4.92 Å². The molecule has 0 amide bonds. The molecule has 0 aliphatic carbocycles. The average Bonchev–Trinajstić information content (AvgIpc) is 3.05. The Labute approximate surface area is 125 Å². The molecule has 1 aromatic heterocycles. The minimum atomic E-state index is -0.286. The fourth-order valence-electron chi connectivity index (χ4n) is 3.07. The van der Waals surface area contributed by atoms with Gasteiger partial charge in [0, 0.05) is 26.2 Å². The number of rotatable bonds is 7. The van der Waals surface area contributed by atoms with Crippen molar-refractivity contribution in [2.24, 2.45) is 7.05 Å². The summed E-state index contributed by atoms with van der Waals surface area (Å²) < 4.78 is 1.67. The third kappa shape index (κ3) is 3.34. The summed E-state index contributed by atoms with van der Waals surface area (Å²) >= 11 is 0. The van der Waals surface area contributed by atoms with E-state index >= 15 is 0 Å². The molecule has 0 aromatic carbocycles. The highest BCUT2D eigenvalue weighted by molar-refractivity contribution is 5.61. The van der Waals surface area contributed by atoms with Crippen LogP contribution in [0.2, 0.25) is 0 Å². The van der Waals surface area contributed by atoms with Crippen LogP contribution in [0.4, 0.5) is 11.5 Å². The van der Waals surface area contributed by atoms with Gasteiger partial charge in [0.25, 0.3) is 0 Å². The highest BCUT2D eigenvalue weighted by atomic mass is 16.6. The topological polar surface area (TPSA) is 76.2 Å². The first-order valence-electron chi connectivity index (χ1n) is 7.77. The molecular weight excluding hydrogens is 270 g/mol. The molecule has 7 nitrogen and oxygen atoms in total. The third-order valence-corrected chi connectivity index (χ3v) is 3.98. The Kier molecular flexibility index (Phi) is 5.17. The van der Waals surface area contributed by atoms with Crippen molar-refractivity contribution in [3.05, 3.63) is 15.8 Å². The Morgan fingerprint density at radius 1 is 1.52 bits per heavy atom. The highest BCUT2D eigenvalue weighted by Gasteiger charge is 2.30. The third-order valence-electron chi connectivity index (χ3n) is 3.98. The van der Waals surface area contributed by atoms with Crippen LogP contribution in [-0.4, -0.2) is 40.4 Å².